The van der Waals surface area contributed by atoms with Gasteiger partial charge in [0.25, 0.3) is 5.69 Å². The summed E-state index contributed by atoms with van der Waals surface area (Å²) in [4.78, 5) is 15.6. The number of aliphatic hydroxyl groups is 1. The zero-order chi connectivity index (χ0) is 25.7. The van der Waals surface area contributed by atoms with Gasteiger partial charge >= 0.3 is 5.91 Å². The molecule has 0 atom stereocenters. The zero-order valence-electron chi connectivity index (χ0n) is 21.8. The molecule has 3 heterocycles. The maximum Gasteiger partial charge on any atom is 0.321 e. The van der Waals surface area contributed by atoms with E-state index in [1.54, 1.807) is 18.2 Å². The van der Waals surface area contributed by atoms with Gasteiger partial charge in [0.2, 0.25) is 0 Å². The number of benzene rings is 1. The standard InChI is InChI=1S/C29H37N5O3/c1-19(2)25-6-5-7-26(34(25)37)28(35)30-24-16-20-18-33(22-10-12-29(36,13-11-22)21-8-9-21)31-23(20)17-27(24)32-14-3-4-15-32/h5-7,16-19,21-22,36H,3-4,8-15H2,1-2H3,(H,30,35). The molecule has 8 nitrogen and oxygen atoms in total. The van der Waals surface area contributed by atoms with E-state index in [1.165, 1.54) is 0 Å². The number of anilines is 2. The largest absolute Gasteiger partial charge is 0.618 e. The van der Waals surface area contributed by atoms with Gasteiger partial charge in [-0.15, -0.1) is 0 Å². The van der Waals surface area contributed by atoms with E-state index in [4.69, 9.17) is 5.10 Å². The van der Waals surface area contributed by atoms with E-state index in [1.807, 2.05) is 19.9 Å². The quantitative estimate of drug-likeness (QED) is 0.368. The SMILES string of the molecule is CC(C)c1cccc(C(=O)Nc2cc3cn(C4CCC(O)(C5CC5)CC4)nc3cc2N2CCCC2)[n+]1[O-]. The third kappa shape index (κ3) is 4.56. The second-order valence-corrected chi connectivity index (χ2v) is 11.6. The van der Waals surface area contributed by atoms with Crippen LogP contribution in [0.25, 0.3) is 10.9 Å². The highest BCUT2D eigenvalue weighted by atomic mass is 16.5. The first-order chi connectivity index (χ1) is 17.8. The third-order valence-corrected chi connectivity index (χ3v) is 8.67. The Hall–Kier alpha value is -3.13. The van der Waals surface area contributed by atoms with Crippen LogP contribution >= 0.6 is 0 Å². The van der Waals surface area contributed by atoms with Crippen LogP contribution in [0, 0.1) is 11.1 Å². The van der Waals surface area contributed by atoms with Crippen molar-refractivity contribution in [3.8, 4) is 0 Å². The van der Waals surface area contributed by atoms with Crippen LogP contribution in [-0.2, 0) is 0 Å². The summed E-state index contributed by atoms with van der Waals surface area (Å²) in [6, 6.07) is 9.45. The molecule has 1 amide bonds. The molecular formula is C29H37N5O3. The highest BCUT2D eigenvalue weighted by molar-refractivity contribution is 6.05. The lowest BCUT2D eigenvalue weighted by molar-refractivity contribution is -0.617. The second kappa shape index (κ2) is 9.31. The van der Waals surface area contributed by atoms with E-state index in [0.29, 0.717) is 17.3 Å². The molecule has 196 valence electrons. The van der Waals surface area contributed by atoms with Gasteiger partial charge in [0, 0.05) is 42.7 Å². The Kier molecular flexibility index (Phi) is 6.10. The van der Waals surface area contributed by atoms with Crippen molar-refractivity contribution in [2.24, 2.45) is 5.92 Å². The van der Waals surface area contributed by atoms with Crippen molar-refractivity contribution in [3.63, 3.8) is 0 Å². The van der Waals surface area contributed by atoms with Gasteiger partial charge < -0.3 is 20.5 Å². The second-order valence-electron chi connectivity index (χ2n) is 11.6. The van der Waals surface area contributed by atoms with E-state index in [2.05, 4.69) is 27.2 Å². The van der Waals surface area contributed by atoms with E-state index < -0.39 is 11.5 Å². The molecule has 0 radical (unpaired) electrons. The molecule has 0 unspecified atom stereocenters. The smallest absolute Gasteiger partial charge is 0.321 e. The fraction of sp³-hybridized carbons (Fsp3) is 0.552. The van der Waals surface area contributed by atoms with Crippen molar-refractivity contribution < 1.29 is 14.6 Å². The molecule has 2 aliphatic carbocycles. The number of nitrogens with one attached hydrogen (secondary N) is 1. The first kappa shape index (κ1) is 24.2. The Morgan fingerprint density at radius 1 is 1.16 bits per heavy atom. The predicted molar refractivity (Wildman–Crippen MR) is 144 cm³/mol. The van der Waals surface area contributed by atoms with Crippen LogP contribution in [0.15, 0.2) is 36.5 Å². The highest BCUT2D eigenvalue weighted by Gasteiger charge is 2.45. The normalized spacial score (nSPS) is 24.2. The van der Waals surface area contributed by atoms with Gasteiger partial charge in [-0.25, -0.2) is 0 Å². The molecule has 37 heavy (non-hydrogen) atoms. The van der Waals surface area contributed by atoms with E-state index in [9.17, 15) is 15.1 Å². The van der Waals surface area contributed by atoms with Crippen LogP contribution in [0.4, 0.5) is 11.4 Å². The number of hydrogen-bond acceptors (Lipinski definition) is 5. The Morgan fingerprint density at radius 2 is 1.89 bits per heavy atom. The molecule has 3 aromatic rings. The molecule has 2 N–H and O–H groups in total. The maximum atomic E-state index is 13.3. The monoisotopic (exact) mass is 503 g/mol. The molecule has 1 aliphatic heterocycles. The molecule has 3 aliphatic rings. The van der Waals surface area contributed by atoms with Gasteiger partial charge in [-0.3, -0.25) is 9.48 Å². The number of carbonyl (C=O) groups is 1. The zero-order valence-corrected chi connectivity index (χ0v) is 21.8. The average molecular weight is 504 g/mol. The van der Waals surface area contributed by atoms with Crippen molar-refractivity contribution in [2.75, 3.05) is 23.3 Å². The number of hydrogen-bond donors (Lipinski definition) is 2. The fourth-order valence-electron chi connectivity index (χ4n) is 6.28. The molecule has 2 aromatic heterocycles. The topological polar surface area (TPSA) is 97.3 Å². The molecule has 0 bridgehead atoms. The Balaban J connectivity index is 1.30. The lowest BCUT2D eigenvalue weighted by Crippen LogP contribution is -2.41. The van der Waals surface area contributed by atoms with E-state index >= 15 is 0 Å². The number of pyridine rings is 1. The number of fused-ring (bicyclic) bond motifs is 1. The number of rotatable bonds is 6. The molecule has 1 aromatic carbocycles. The van der Waals surface area contributed by atoms with Crippen LogP contribution in [0.3, 0.4) is 0 Å². The Morgan fingerprint density at radius 3 is 2.57 bits per heavy atom. The summed E-state index contributed by atoms with van der Waals surface area (Å²) in [6.07, 6.45) is 10.2. The van der Waals surface area contributed by atoms with Gasteiger partial charge in [-0.05, 0) is 75.5 Å². The summed E-state index contributed by atoms with van der Waals surface area (Å²) in [5.41, 5.74) is 2.76. The van der Waals surface area contributed by atoms with Crippen LogP contribution in [0.5, 0.6) is 0 Å². The molecule has 3 fully saturated rings. The highest BCUT2D eigenvalue weighted by Crippen LogP contribution is 2.49. The van der Waals surface area contributed by atoms with Crippen molar-refractivity contribution in [3.05, 3.63) is 53.1 Å². The van der Waals surface area contributed by atoms with Gasteiger partial charge in [0.05, 0.1) is 28.5 Å². The van der Waals surface area contributed by atoms with Crippen LogP contribution in [-0.4, -0.2) is 39.5 Å². The minimum absolute atomic E-state index is 0.0210. The predicted octanol–water partition coefficient (Wildman–Crippen LogP) is 4.90. The summed E-state index contributed by atoms with van der Waals surface area (Å²) in [6.45, 7) is 5.76. The van der Waals surface area contributed by atoms with Crippen molar-refractivity contribution in [1.82, 2.24) is 9.78 Å². The molecule has 1 saturated heterocycles. The lowest BCUT2D eigenvalue weighted by Gasteiger charge is -2.36. The number of amides is 1. The minimum Gasteiger partial charge on any atom is -0.618 e. The number of nitrogens with zero attached hydrogens (tertiary/aromatic N) is 4. The Bertz CT molecular complexity index is 1310. The summed E-state index contributed by atoms with van der Waals surface area (Å²) >= 11 is 0. The van der Waals surface area contributed by atoms with Crippen molar-refractivity contribution in [2.45, 2.75) is 82.8 Å². The lowest BCUT2D eigenvalue weighted by atomic mass is 9.79. The third-order valence-electron chi connectivity index (χ3n) is 8.67. The van der Waals surface area contributed by atoms with Crippen LogP contribution in [0.2, 0.25) is 0 Å². The average Bonchev–Trinajstić information content (AvgIpc) is 3.46. The molecular weight excluding hydrogens is 466 g/mol. The van der Waals surface area contributed by atoms with Gasteiger partial charge in [-0.1, -0.05) is 13.8 Å². The van der Waals surface area contributed by atoms with E-state index in [-0.39, 0.29) is 17.7 Å². The van der Waals surface area contributed by atoms with Crippen LogP contribution in [0.1, 0.15) is 93.4 Å². The maximum absolute atomic E-state index is 13.3. The minimum atomic E-state index is -0.477. The van der Waals surface area contributed by atoms with Crippen LogP contribution < -0.4 is 14.9 Å². The van der Waals surface area contributed by atoms with Gasteiger partial charge in [0.1, 0.15) is 0 Å². The van der Waals surface area contributed by atoms with E-state index in [0.717, 1.165) is 85.8 Å². The van der Waals surface area contributed by atoms with Gasteiger partial charge in [0.15, 0.2) is 5.69 Å². The fourth-order valence-corrected chi connectivity index (χ4v) is 6.28. The molecule has 8 heteroatoms. The summed E-state index contributed by atoms with van der Waals surface area (Å²) in [5.74, 6) is 0.109. The van der Waals surface area contributed by atoms with Crippen molar-refractivity contribution in [1.29, 1.82) is 0 Å². The number of aromatic nitrogens is 3. The summed E-state index contributed by atoms with van der Waals surface area (Å²) in [7, 11) is 0. The molecule has 6 rings (SSSR count). The van der Waals surface area contributed by atoms with Gasteiger partial charge in [-0.2, -0.15) is 9.83 Å². The molecule has 2 saturated carbocycles. The summed E-state index contributed by atoms with van der Waals surface area (Å²) in [5, 5.41) is 32.8. The molecule has 0 spiro atoms. The number of carbonyl (C=O) groups excluding carboxylic acids is 1. The van der Waals surface area contributed by atoms with Crippen molar-refractivity contribution >= 4 is 28.2 Å². The first-order valence-corrected chi connectivity index (χ1v) is 13.9. The Labute approximate surface area is 217 Å². The first-order valence-electron chi connectivity index (χ1n) is 13.9. The summed E-state index contributed by atoms with van der Waals surface area (Å²) < 4.78 is 2.81.